The van der Waals surface area contributed by atoms with Crippen molar-refractivity contribution < 1.29 is 9.53 Å². The van der Waals surface area contributed by atoms with Gasteiger partial charge in [0, 0.05) is 10.9 Å². The van der Waals surface area contributed by atoms with E-state index >= 15 is 0 Å². The zero-order valence-electron chi connectivity index (χ0n) is 11.1. The van der Waals surface area contributed by atoms with Crippen LogP contribution >= 0.6 is 0 Å². The van der Waals surface area contributed by atoms with E-state index in [1.54, 1.807) is 13.2 Å². The second kappa shape index (κ2) is 5.17. The Morgan fingerprint density at radius 1 is 1.20 bits per heavy atom. The SMILES string of the molecule is COc1ccc(Cn2ncc3ccc(C=O)cc32)cc1. The number of aldehydes is 1. The molecule has 0 aliphatic rings. The number of hydrogen-bond acceptors (Lipinski definition) is 3. The average Bonchev–Trinajstić information content (AvgIpc) is 2.90. The fourth-order valence-corrected chi connectivity index (χ4v) is 2.19. The van der Waals surface area contributed by atoms with Crippen molar-refractivity contribution in [3.8, 4) is 5.75 Å². The van der Waals surface area contributed by atoms with Crippen LogP contribution in [-0.4, -0.2) is 23.2 Å². The number of aromatic nitrogens is 2. The summed E-state index contributed by atoms with van der Waals surface area (Å²) in [5.74, 6) is 0.835. The molecule has 3 rings (SSSR count). The van der Waals surface area contributed by atoms with Crippen molar-refractivity contribution in [3.63, 3.8) is 0 Å². The van der Waals surface area contributed by atoms with Crippen LogP contribution in [0.25, 0.3) is 10.9 Å². The zero-order valence-corrected chi connectivity index (χ0v) is 11.1. The molecule has 0 aliphatic carbocycles. The molecule has 0 bridgehead atoms. The number of nitrogens with zero attached hydrogens (tertiary/aromatic N) is 2. The Morgan fingerprint density at radius 3 is 2.70 bits per heavy atom. The highest BCUT2D eigenvalue weighted by atomic mass is 16.5. The van der Waals surface area contributed by atoms with Gasteiger partial charge in [0.25, 0.3) is 0 Å². The molecule has 0 radical (unpaired) electrons. The second-order valence-electron chi connectivity index (χ2n) is 4.59. The van der Waals surface area contributed by atoms with Crippen molar-refractivity contribution in [2.45, 2.75) is 6.54 Å². The molecular formula is C16H14N2O2. The van der Waals surface area contributed by atoms with Crippen molar-refractivity contribution in [1.82, 2.24) is 9.78 Å². The first-order valence-corrected chi connectivity index (χ1v) is 6.34. The van der Waals surface area contributed by atoms with Gasteiger partial charge in [0.2, 0.25) is 0 Å². The van der Waals surface area contributed by atoms with Crippen LogP contribution in [0.3, 0.4) is 0 Å². The summed E-state index contributed by atoms with van der Waals surface area (Å²) >= 11 is 0. The van der Waals surface area contributed by atoms with E-state index in [9.17, 15) is 4.79 Å². The lowest BCUT2D eigenvalue weighted by Gasteiger charge is -2.05. The van der Waals surface area contributed by atoms with Crippen LogP contribution in [0.15, 0.2) is 48.7 Å². The zero-order chi connectivity index (χ0) is 13.9. The molecule has 0 amide bonds. The Labute approximate surface area is 116 Å². The van der Waals surface area contributed by atoms with Crippen LogP contribution in [0, 0.1) is 0 Å². The molecule has 0 atom stereocenters. The number of carbonyl (C=O) groups excluding carboxylic acids is 1. The smallest absolute Gasteiger partial charge is 0.150 e. The molecule has 100 valence electrons. The van der Waals surface area contributed by atoms with Gasteiger partial charge in [0.1, 0.15) is 12.0 Å². The molecule has 0 unspecified atom stereocenters. The van der Waals surface area contributed by atoms with Crippen LogP contribution in [0.2, 0.25) is 0 Å². The fourth-order valence-electron chi connectivity index (χ4n) is 2.19. The lowest BCUT2D eigenvalue weighted by Crippen LogP contribution is -2.01. The second-order valence-corrected chi connectivity index (χ2v) is 4.59. The monoisotopic (exact) mass is 266 g/mol. The highest BCUT2D eigenvalue weighted by molar-refractivity contribution is 5.86. The van der Waals surface area contributed by atoms with E-state index in [1.165, 1.54) is 0 Å². The van der Waals surface area contributed by atoms with E-state index < -0.39 is 0 Å². The van der Waals surface area contributed by atoms with Crippen molar-refractivity contribution in [2.24, 2.45) is 0 Å². The highest BCUT2D eigenvalue weighted by Gasteiger charge is 2.04. The summed E-state index contributed by atoms with van der Waals surface area (Å²) in [6.45, 7) is 0.663. The minimum absolute atomic E-state index is 0.661. The van der Waals surface area contributed by atoms with E-state index in [0.717, 1.165) is 28.5 Å². The molecule has 0 spiro atoms. The Hall–Kier alpha value is -2.62. The Bertz CT molecular complexity index is 745. The number of methoxy groups -OCH3 is 1. The lowest BCUT2D eigenvalue weighted by atomic mass is 10.2. The Balaban J connectivity index is 1.94. The van der Waals surface area contributed by atoms with Gasteiger partial charge in [0.15, 0.2) is 0 Å². The van der Waals surface area contributed by atoms with Crippen LogP contribution in [0.4, 0.5) is 0 Å². The van der Waals surface area contributed by atoms with Gasteiger partial charge in [-0.1, -0.05) is 24.3 Å². The third-order valence-electron chi connectivity index (χ3n) is 3.30. The number of carbonyl (C=O) groups is 1. The van der Waals surface area contributed by atoms with Gasteiger partial charge in [0.05, 0.1) is 25.4 Å². The highest BCUT2D eigenvalue weighted by Crippen LogP contribution is 2.18. The molecule has 4 nitrogen and oxygen atoms in total. The third-order valence-corrected chi connectivity index (χ3v) is 3.30. The molecule has 1 heterocycles. The van der Waals surface area contributed by atoms with E-state index in [4.69, 9.17) is 4.74 Å². The fraction of sp³-hybridized carbons (Fsp3) is 0.125. The van der Waals surface area contributed by atoms with E-state index in [0.29, 0.717) is 12.1 Å². The van der Waals surface area contributed by atoms with E-state index in [1.807, 2.05) is 47.3 Å². The Kier molecular flexibility index (Phi) is 3.21. The maximum Gasteiger partial charge on any atom is 0.150 e. The summed E-state index contributed by atoms with van der Waals surface area (Å²) in [7, 11) is 1.65. The van der Waals surface area contributed by atoms with E-state index in [2.05, 4.69) is 5.10 Å². The van der Waals surface area contributed by atoms with Crippen molar-refractivity contribution in [1.29, 1.82) is 0 Å². The summed E-state index contributed by atoms with van der Waals surface area (Å²) < 4.78 is 7.04. The van der Waals surface area contributed by atoms with Crippen LogP contribution in [-0.2, 0) is 6.54 Å². The Morgan fingerprint density at radius 2 is 2.00 bits per heavy atom. The van der Waals surface area contributed by atoms with Crippen LogP contribution in [0.5, 0.6) is 5.75 Å². The normalized spacial score (nSPS) is 10.7. The van der Waals surface area contributed by atoms with E-state index in [-0.39, 0.29) is 0 Å². The largest absolute Gasteiger partial charge is 0.497 e. The first-order valence-electron chi connectivity index (χ1n) is 6.34. The third kappa shape index (κ3) is 2.28. The first kappa shape index (κ1) is 12.4. The number of hydrogen-bond donors (Lipinski definition) is 0. The molecule has 0 fully saturated rings. The van der Waals surface area contributed by atoms with Gasteiger partial charge in [-0.15, -0.1) is 0 Å². The van der Waals surface area contributed by atoms with Crippen molar-refractivity contribution in [2.75, 3.05) is 7.11 Å². The van der Waals surface area contributed by atoms with Gasteiger partial charge in [-0.25, -0.2) is 0 Å². The minimum Gasteiger partial charge on any atom is -0.497 e. The first-order chi connectivity index (χ1) is 9.80. The maximum absolute atomic E-state index is 10.9. The molecule has 1 aromatic heterocycles. The predicted molar refractivity (Wildman–Crippen MR) is 77.2 cm³/mol. The van der Waals surface area contributed by atoms with Crippen molar-refractivity contribution in [3.05, 3.63) is 59.8 Å². The standard InChI is InChI=1S/C16H14N2O2/c1-20-15-6-3-12(4-7-15)10-18-16-8-13(11-19)2-5-14(16)9-17-18/h2-9,11H,10H2,1H3. The molecule has 4 heteroatoms. The topological polar surface area (TPSA) is 44.1 Å². The number of ether oxygens (including phenoxy) is 1. The van der Waals surface area contributed by atoms with Gasteiger partial charge in [-0.3, -0.25) is 9.48 Å². The van der Waals surface area contributed by atoms with Gasteiger partial charge >= 0.3 is 0 Å². The summed E-state index contributed by atoms with van der Waals surface area (Å²) in [5.41, 5.74) is 2.76. The molecular weight excluding hydrogens is 252 g/mol. The number of benzene rings is 2. The minimum atomic E-state index is 0.661. The summed E-state index contributed by atoms with van der Waals surface area (Å²) in [4.78, 5) is 10.9. The summed E-state index contributed by atoms with van der Waals surface area (Å²) in [6.07, 6.45) is 2.66. The molecule has 3 aromatic rings. The van der Waals surface area contributed by atoms with Gasteiger partial charge in [-0.05, 0) is 23.8 Å². The quantitative estimate of drug-likeness (QED) is 0.682. The maximum atomic E-state index is 10.9. The average molecular weight is 266 g/mol. The predicted octanol–water partition coefficient (Wildman–Crippen LogP) is 2.91. The van der Waals surface area contributed by atoms with Crippen molar-refractivity contribution >= 4 is 17.2 Å². The van der Waals surface area contributed by atoms with Crippen LogP contribution in [0.1, 0.15) is 15.9 Å². The van der Waals surface area contributed by atoms with Gasteiger partial charge < -0.3 is 4.74 Å². The van der Waals surface area contributed by atoms with Gasteiger partial charge in [-0.2, -0.15) is 5.10 Å². The molecule has 20 heavy (non-hydrogen) atoms. The molecule has 0 aliphatic heterocycles. The molecule has 0 saturated carbocycles. The molecule has 0 N–H and O–H groups in total. The summed E-state index contributed by atoms with van der Waals surface area (Å²) in [5, 5.41) is 5.41. The summed E-state index contributed by atoms with van der Waals surface area (Å²) in [6, 6.07) is 13.5. The molecule has 0 saturated heterocycles. The number of rotatable bonds is 4. The molecule has 2 aromatic carbocycles. The number of fused-ring (bicyclic) bond motifs is 1. The van der Waals surface area contributed by atoms with Crippen LogP contribution < -0.4 is 4.74 Å². The lowest BCUT2D eigenvalue weighted by molar-refractivity contribution is 0.112.